The smallest absolute Gasteiger partial charge is 0.435 e. The molecule has 228 valence electrons. The number of hydrogen-bond donors (Lipinski definition) is 1. The predicted molar refractivity (Wildman–Crippen MR) is 146 cm³/mol. The summed E-state index contributed by atoms with van der Waals surface area (Å²) in [5.74, 6) is -1.15. The Labute approximate surface area is 244 Å². The lowest BCUT2D eigenvalue weighted by Gasteiger charge is -2.32. The highest BCUT2D eigenvalue weighted by atomic mass is 19.4. The summed E-state index contributed by atoms with van der Waals surface area (Å²) >= 11 is 0. The van der Waals surface area contributed by atoms with Crippen molar-refractivity contribution in [1.82, 2.24) is 19.3 Å². The summed E-state index contributed by atoms with van der Waals surface area (Å²) in [5.41, 5.74) is 0.560. The average Bonchev–Trinajstić information content (AvgIpc) is 3.60. The lowest BCUT2D eigenvalue weighted by atomic mass is 9.85. The van der Waals surface area contributed by atoms with Gasteiger partial charge in [0.2, 0.25) is 0 Å². The standard InChI is InChI=1S/C30H30F4N4O5/c1-4-38-14-23(29(36-38)30(32,33)34)21-10-19(13-37-8-7-35-17(37)2)11-22-27(40)20(15-43-28(21)22)9-18-5-6-24(31)25(12-18)42-16-26(39)41-3/h5-8,10-12,14,20,27,40H,4,9,13,15-16H2,1-3H3/t20-,27-/m0/s1. The minimum atomic E-state index is -4.72. The molecule has 0 amide bonds. The van der Waals surface area contributed by atoms with Crippen LogP contribution in [-0.4, -0.2) is 50.7 Å². The number of carbonyl (C=O) groups excluding carboxylic acids is 1. The largest absolute Gasteiger partial charge is 0.492 e. The molecule has 0 bridgehead atoms. The van der Waals surface area contributed by atoms with E-state index in [9.17, 15) is 27.5 Å². The number of carbonyl (C=O) groups is 1. The number of hydrogen-bond acceptors (Lipinski definition) is 7. The zero-order valence-electron chi connectivity index (χ0n) is 23.7. The minimum Gasteiger partial charge on any atom is -0.492 e. The molecular formula is C30H30F4N4O5. The molecule has 0 saturated heterocycles. The van der Waals surface area contributed by atoms with Crippen LogP contribution >= 0.6 is 0 Å². The number of esters is 1. The Bertz CT molecular complexity index is 1630. The van der Waals surface area contributed by atoms with Gasteiger partial charge in [-0.05, 0) is 55.7 Å². The number of aliphatic hydroxyl groups excluding tert-OH is 1. The Kier molecular flexibility index (Phi) is 8.45. The maximum atomic E-state index is 14.3. The monoisotopic (exact) mass is 602 g/mol. The third kappa shape index (κ3) is 6.36. The van der Waals surface area contributed by atoms with Gasteiger partial charge in [-0.3, -0.25) is 4.68 Å². The van der Waals surface area contributed by atoms with E-state index in [-0.39, 0.29) is 42.2 Å². The van der Waals surface area contributed by atoms with E-state index in [4.69, 9.17) is 9.47 Å². The Morgan fingerprint density at radius 2 is 1.98 bits per heavy atom. The first-order valence-corrected chi connectivity index (χ1v) is 13.6. The van der Waals surface area contributed by atoms with Gasteiger partial charge in [0.1, 0.15) is 11.6 Å². The zero-order valence-corrected chi connectivity index (χ0v) is 23.7. The van der Waals surface area contributed by atoms with Gasteiger partial charge < -0.3 is 23.9 Å². The molecule has 0 fully saturated rings. The summed E-state index contributed by atoms with van der Waals surface area (Å²) < 4.78 is 75.5. The molecule has 1 aliphatic heterocycles. The highest BCUT2D eigenvalue weighted by Gasteiger charge is 2.40. The number of aliphatic hydroxyl groups is 1. The van der Waals surface area contributed by atoms with E-state index in [0.29, 0.717) is 29.1 Å². The van der Waals surface area contributed by atoms with Gasteiger partial charge in [-0.15, -0.1) is 0 Å². The van der Waals surface area contributed by atoms with Crippen molar-refractivity contribution in [1.29, 1.82) is 0 Å². The zero-order chi connectivity index (χ0) is 30.9. The maximum absolute atomic E-state index is 14.3. The number of aromatic nitrogens is 4. The van der Waals surface area contributed by atoms with Crippen LogP contribution in [0.25, 0.3) is 11.1 Å². The molecule has 2 aromatic heterocycles. The number of aryl methyl sites for hydroxylation is 2. The van der Waals surface area contributed by atoms with Crippen LogP contribution in [-0.2, 0) is 35.2 Å². The normalized spacial score (nSPS) is 16.5. The van der Waals surface area contributed by atoms with E-state index >= 15 is 0 Å². The lowest BCUT2D eigenvalue weighted by Crippen LogP contribution is -2.28. The van der Waals surface area contributed by atoms with Gasteiger partial charge in [-0.1, -0.05) is 6.07 Å². The van der Waals surface area contributed by atoms with Gasteiger partial charge in [0, 0.05) is 54.3 Å². The minimum absolute atomic E-state index is 0.0138. The van der Waals surface area contributed by atoms with Crippen molar-refractivity contribution in [3.63, 3.8) is 0 Å². The van der Waals surface area contributed by atoms with Crippen molar-refractivity contribution < 1.29 is 41.7 Å². The molecular weight excluding hydrogens is 572 g/mol. The number of alkyl halides is 3. The number of benzene rings is 2. The van der Waals surface area contributed by atoms with E-state index < -0.39 is 42.3 Å². The maximum Gasteiger partial charge on any atom is 0.435 e. The second-order valence-electron chi connectivity index (χ2n) is 10.3. The van der Waals surface area contributed by atoms with Crippen LogP contribution in [0.3, 0.4) is 0 Å². The first kappa shape index (κ1) is 30.1. The fourth-order valence-electron chi connectivity index (χ4n) is 5.13. The van der Waals surface area contributed by atoms with Crippen LogP contribution in [0.5, 0.6) is 11.5 Å². The third-order valence-corrected chi connectivity index (χ3v) is 7.37. The number of imidazole rings is 1. The molecule has 4 aromatic rings. The molecule has 1 N–H and O–H groups in total. The van der Waals surface area contributed by atoms with Crippen molar-refractivity contribution in [2.75, 3.05) is 20.3 Å². The molecule has 5 rings (SSSR count). The van der Waals surface area contributed by atoms with E-state index in [1.54, 1.807) is 31.5 Å². The van der Waals surface area contributed by atoms with E-state index in [1.165, 1.54) is 36.2 Å². The molecule has 0 unspecified atom stereocenters. The van der Waals surface area contributed by atoms with Crippen LogP contribution < -0.4 is 9.47 Å². The van der Waals surface area contributed by atoms with Gasteiger partial charge >= 0.3 is 12.1 Å². The highest BCUT2D eigenvalue weighted by Crippen LogP contribution is 2.47. The summed E-state index contributed by atoms with van der Waals surface area (Å²) in [5, 5.41) is 15.3. The number of fused-ring (bicyclic) bond motifs is 1. The average molecular weight is 603 g/mol. The second-order valence-corrected chi connectivity index (χ2v) is 10.3. The Balaban J connectivity index is 1.52. The molecule has 0 saturated carbocycles. The van der Waals surface area contributed by atoms with Gasteiger partial charge in [-0.25, -0.2) is 14.2 Å². The summed E-state index contributed by atoms with van der Waals surface area (Å²) in [7, 11) is 1.19. The molecule has 13 heteroatoms. The molecule has 0 spiro atoms. The summed E-state index contributed by atoms with van der Waals surface area (Å²) in [6, 6.07) is 7.50. The quantitative estimate of drug-likeness (QED) is 0.210. The van der Waals surface area contributed by atoms with Crippen LogP contribution in [0.15, 0.2) is 48.9 Å². The first-order valence-electron chi connectivity index (χ1n) is 13.6. The fraction of sp³-hybridized carbons (Fsp3) is 0.367. The van der Waals surface area contributed by atoms with Crippen molar-refractivity contribution in [3.8, 4) is 22.6 Å². The molecule has 0 aliphatic carbocycles. The van der Waals surface area contributed by atoms with Crippen LogP contribution in [0.4, 0.5) is 17.6 Å². The number of rotatable bonds is 9. The van der Waals surface area contributed by atoms with Crippen LogP contribution in [0.2, 0.25) is 0 Å². The summed E-state index contributed by atoms with van der Waals surface area (Å²) in [6.45, 7) is 3.54. The second kappa shape index (κ2) is 12.1. The fourth-order valence-corrected chi connectivity index (χ4v) is 5.13. The third-order valence-electron chi connectivity index (χ3n) is 7.37. The van der Waals surface area contributed by atoms with Crippen molar-refractivity contribution in [2.45, 2.75) is 45.6 Å². The topological polar surface area (TPSA) is 101 Å². The number of halogens is 4. The van der Waals surface area contributed by atoms with Crippen LogP contribution in [0, 0.1) is 18.7 Å². The molecule has 9 nitrogen and oxygen atoms in total. The van der Waals surface area contributed by atoms with Gasteiger partial charge in [0.05, 0.1) is 19.8 Å². The van der Waals surface area contributed by atoms with Gasteiger partial charge in [0.15, 0.2) is 23.9 Å². The van der Waals surface area contributed by atoms with Gasteiger partial charge in [-0.2, -0.15) is 18.3 Å². The van der Waals surface area contributed by atoms with Crippen molar-refractivity contribution >= 4 is 5.97 Å². The molecule has 43 heavy (non-hydrogen) atoms. The van der Waals surface area contributed by atoms with E-state index in [0.717, 1.165) is 0 Å². The predicted octanol–water partition coefficient (Wildman–Crippen LogP) is 5.12. The Hall–Kier alpha value is -4.39. The highest BCUT2D eigenvalue weighted by molar-refractivity contribution is 5.76. The summed E-state index contributed by atoms with van der Waals surface area (Å²) in [4.78, 5) is 15.7. The van der Waals surface area contributed by atoms with E-state index in [1.807, 2.05) is 11.5 Å². The van der Waals surface area contributed by atoms with E-state index in [2.05, 4.69) is 14.8 Å². The molecule has 1 aliphatic rings. The molecule has 2 aromatic carbocycles. The molecule has 0 radical (unpaired) electrons. The Morgan fingerprint density at radius 1 is 1.19 bits per heavy atom. The number of nitrogens with zero attached hydrogens (tertiary/aromatic N) is 4. The first-order chi connectivity index (χ1) is 20.5. The lowest BCUT2D eigenvalue weighted by molar-refractivity contribution is -0.143. The van der Waals surface area contributed by atoms with Crippen molar-refractivity contribution in [2.24, 2.45) is 5.92 Å². The van der Waals surface area contributed by atoms with Crippen LogP contribution in [0.1, 0.15) is 41.2 Å². The van der Waals surface area contributed by atoms with Crippen molar-refractivity contribution in [3.05, 3.63) is 82.9 Å². The number of methoxy groups -OCH3 is 1. The Morgan fingerprint density at radius 3 is 2.65 bits per heavy atom. The molecule has 2 atom stereocenters. The van der Waals surface area contributed by atoms with Gasteiger partial charge in [0.25, 0.3) is 0 Å². The summed E-state index contributed by atoms with van der Waals surface area (Å²) in [6.07, 6.45) is -0.883. The molecule has 3 heterocycles. The SMILES string of the molecule is CCn1cc(-c2cc(Cn3ccnc3C)cc3c2OC[C@H](Cc2ccc(F)c(OCC(=O)OC)c2)[C@@H]3O)c(C(F)(F)F)n1. The number of ether oxygens (including phenoxy) is 3.